The molecule has 0 saturated carbocycles. The van der Waals surface area contributed by atoms with Gasteiger partial charge in [-0.2, -0.15) is 0 Å². The Hall–Kier alpha value is -2.10. The molecular weight excluding hydrogens is 395 g/mol. The quantitative estimate of drug-likeness (QED) is 0.714. The molecule has 4 rings (SSSR count). The number of ether oxygens (including phenoxy) is 2. The molecule has 7 nitrogen and oxygen atoms in total. The first kappa shape index (κ1) is 20.2. The maximum absolute atomic E-state index is 13.0. The molecule has 1 aromatic carbocycles. The normalized spacial score (nSPS) is 21.5. The smallest absolute Gasteiger partial charge is 0.248 e. The number of hydrogen-bond donors (Lipinski definition) is 0. The van der Waals surface area contributed by atoms with Gasteiger partial charge in [0.15, 0.2) is 0 Å². The zero-order valence-electron chi connectivity index (χ0n) is 16.4. The summed E-state index contributed by atoms with van der Waals surface area (Å²) in [6.07, 6.45) is 1.70. The fraction of sp³-hybridized carbons (Fsp3) is 0.550. The van der Waals surface area contributed by atoms with Crippen LogP contribution in [0.1, 0.15) is 22.9 Å². The summed E-state index contributed by atoms with van der Waals surface area (Å²) in [6, 6.07) is 6.15. The molecule has 2 saturated heterocycles. The van der Waals surface area contributed by atoms with Crippen molar-refractivity contribution in [3.05, 3.63) is 40.1 Å². The Bertz CT molecular complexity index is 823. The van der Waals surface area contributed by atoms with Crippen LogP contribution >= 0.6 is 11.3 Å². The van der Waals surface area contributed by atoms with Crippen LogP contribution in [0.3, 0.4) is 0 Å². The summed E-state index contributed by atoms with van der Waals surface area (Å²) < 4.78 is 24.4. The second-order valence-corrected chi connectivity index (χ2v) is 8.73. The second kappa shape index (κ2) is 9.15. The number of piperidine rings is 1. The predicted octanol–water partition coefficient (Wildman–Crippen LogP) is 2.26. The first-order chi connectivity index (χ1) is 14.1. The van der Waals surface area contributed by atoms with Crippen molar-refractivity contribution >= 4 is 17.2 Å². The van der Waals surface area contributed by atoms with E-state index >= 15 is 0 Å². The van der Waals surface area contributed by atoms with Gasteiger partial charge in [-0.25, -0.2) is 4.39 Å². The second-order valence-electron chi connectivity index (χ2n) is 7.47. The lowest BCUT2D eigenvalue weighted by Crippen LogP contribution is -2.55. The molecule has 2 aromatic rings. The van der Waals surface area contributed by atoms with Crippen LogP contribution in [0.25, 0.3) is 0 Å². The summed E-state index contributed by atoms with van der Waals surface area (Å²) in [4.78, 5) is 16.7. The van der Waals surface area contributed by atoms with Gasteiger partial charge in [-0.1, -0.05) is 0 Å². The average molecular weight is 421 g/mol. The highest BCUT2D eigenvalue weighted by atomic mass is 32.1. The Morgan fingerprint density at radius 1 is 1.24 bits per heavy atom. The molecule has 0 spiro atoms. The zero-order chi connectivity index (χ0) is 20.2. The molecule has 1 unspecified atom stereocenters. The molecule has 0 bridgehead atoms. The Kier molecular flexibility index (Phi) is 6.37. The number of amides is 1. The van der Waals surface area contributed by atoms with Crippen molar-refractivity contribution in [2.45, 2.75) is 38.5 Å². The van der Waals surface area contributed by atoms with Gasteiger partial charge in [-0.3, -0.25) is 9.69 Å². The number of carbonyl (C=O) groups is 1. The summed E-state index contributed by atoms with van der Waals surface area (Å²) in [6.45, 7) is 5.61. The van der Waals surface area contributed by atoms with Gasteiger partial charge in [0.05, 0.1) is 13.1 Å². The minimum atomic E-state index is -0.296. The van der Waals surface area contributed by atoms with E-state index < -0.39 is 0 Å². The molecule has 29 heavy (non-hydrogen) atoms. The third-order valence-corrected chi connectivity index (χ3v) is 6.16. The fourth-order valence-electron chi connectivity index (χ4n) is 3.80. The SMILES string of the molecule is Cc1nnc(CN2CCC(N3CC(COc4ccc(F)cc4)OCC3=O)CC2)s1. The maximum atomic E-state index is 13.0. The van der Waals surface area contributed by atoms with E-state index in [9.17, 15) is 9.18 Å². The average Bonchev–Trinajstić information content (AvgIpc) is 3.14. The molecule has 0 radical (unpaired) electrons. The molecular formula is C20H25FN4O3S. The molecule has 0 aliphatic carbocycles. The van der Waals surface area contributed by atoms with Gasteiger partial charge < -0.3 is 14.4 Å². The van der Waals surface area contributed by atoms with Crippen LogP contribution in [0.4, 0.5) is 4.39 Å². The van der Waals surface area contributed by atoms with E-state index in [2.05, 4.69) is 15.1 Å². The van der Waals surface area contributed by atoms with E-state index in [1.165, 1.54) is 12.1 Å². The standard InChI is InChI=1S/C20H25FN4O3S/c1-14-22-23-19(29-14)11-24-8-6-16(7-9-24)25-10-18(28-13-20(25)26)12-27-17-4-2-15(21)3-5-17/h2-5,16,18H,6-13H2,1H3. The van der Waals surface area contributed by atoms with Crippen LogP contribution in [0.15, 0.2) is 24.3 Å². The third-order valence-electron chi connectivity index (χ3n) is 5.34. The first-order valence-corrected chi connectivity index (χ1v) is 10.7. The first-order valence-electron chi connectivity index (χ1n) is 9.87. The maximum Gasteiger partial charge on any atom is 0.248 e. The largest absolute Gasteiger partial charge is 0.491 e. The van der Waals surface area contributed by atoms with Crippen LogP contribution < -0.4 is 4.74 Å². The molecule has 2 fully saturated rings. The van der Waals surface area contributed by atoms with Gasteiger partial charge in [0, 0.05) is 19.1 Å². The minimum Gasteiger partial charge on any atom is -0.491 e. The molecule has 9 heteroatoms. The molecule has 1 amide bonds. The van der Waals surface area contributed by atoms with Gasteiger partial charge in [-0.15, -0.1) is 21.5 Å². The summed E-state index contributed by atoms with van der Waals surface area (Å²) >= 11 is 1.64. The lowest BCUT2D eigenvalue weighted by atomic mass is 10.0. The Balaban J connectivity index is 1.26. The van der Waals surface area contributed by atoms with Crippen molar-refractivity contribution in [3.8, 4) is 5.75 Å². The lowest BCUT2D eigenvalue weighted by Gasteiger charge is -2.42. The number of aromatic nitrogens is 2. The van der Waals surface area contributed by atoms with Crippen LogP contribution in [-0.2, 0) is 16.1 Å². The Morgan fingerprint density at radius 3 is 2.69 bits per heavy atom. The minimum absolute atomic E-state index is 0.0428. The number of likely N-dealkylation sites (tertiary alicyclic amines) is 1. The van der Waals surface area contributed by atoms with E-state index in [-0.39, 0.29) is 30.5 Å². The highest BCUT2D eigenvalue weighted by molar-refractivity contribution is 7.11. The lowest BCUT2D eigenvalue weighted by molar-refractivity contribution is -0.155. The molecule has 156 valence electrons. The summed E-state index contributed by atoms with van der Waals surface area (Å²) in [5.74, 6) is 0.343. The topological polar surface area (TPSA) is 67.8 Å². The Labute approximate surface area is 173 Å². The number of morpholine rings is 1. The van der Waals surface area contributed by atoms with Crippen molar-refractivity contribution in [3.63, 3.8) is 0 Å². The number of rotatable bonds is 6. The predicted molar refractivity (Wildman–Crippen MR) is 106 cm³/mol. The number of aryl methyl sites for hydroxylation is 1. The monoisotopic (exact) mass is 420 g/mol. The number of halogens is 1. The number of carbonyl (C=O) groups excluding carboxylic acids is 1. The van der Waals surface area contributed by atoms with E-state index in [0.717, 1.165) is 42.5 Å². The van der Waals surface area contributed by atoms with E-state index in [4.69, 9.17) is 9.47 Å². The van der Waals surface area contributed by atoms with Crippen LogP contribution in [-0.4, -0.2) is 70.9 Å². The van der Waals surface area contributed by atoms with Crippen molar-refractivity contribution in [1.82, 2.24) is 20.0 Å². The van der Waals surface area contributed by atoms with E-state index in [1.807, 2.05) is 11.8 Å². The van der Waals surface area contributed by atoms with Gasteiger partial charge in [-0.05, 0) is 44.0 Å². The van der Waals surface area contributed by atoms with Gasteiger partial charge in [0.1, 0.15) is 40.9 Å². The van der Waals surface area contributed by atoms with E-state index in [0.29, 0.717) is 18.9 Å². The third kappa shape index (κ3) is 5.29. The number of benzene rings is 1. The molecule has 2 aliphatic heterocycles. The highest BCUT2D eigenvalue weighted by Gasteiger charge is 2.34. The summed E-state index contributed by atoms with van der Waals surface area (Å²) in [5.41, 5.74) is 0. The molecule has 1 aromatic heterocycles. The fourth-order valence-corrected chi connectivity index (χ4v) is 4.55. The van der Waals surface area contributed by atoms with Crippen LogP contribution in [0.5, 0.6) is 5.75 Å². The van der Waals surface area contributed by atoms with E-state index in [1.54, 1.807) is 23.5 Å². The summed E-state index contributed by atoms with van der Waals surface area (Å²) in [7, 11) is 0. The van der Waals surface area contributed by atoms with Crippen molar-refractivity contribution in [2.24, 2.45) is 0 Å². The van der Waals surface area contributed by atoms with Crippen LogP contribution in [0.2, 0.25) is 0 Å². The number of hydrogen-bond acceptors (Lipinski definition) is 7. The molecule has 3 heterocycles. The van der Waals surface area contributed by atoms with Gasteiger partial charge >= 0.3 is 0 Å². The molecule has 0 N–H and O–H groups in total. The van der Waals surface area contributed by atoms with Gasteiger partial charge in [0.2, 0.25) is 5.91 Å². The van der Waals surface area contributed by atoms with Crippen LogP contribution in [0, 0.1) is 12.7 Å². The van der Waals surface area contributed by atoms with Crippen molar-refractivity contribution in [2.75, 3.05) is 32.8 Å². The number of nitrogens with zero attached hydrogens (tertiary/aromatic N) is 4. The summed E-state index contributed by atoms with van der Waals surface area (Å²) in [5, 5.41) is 10.3. The Morgan fingerprint density at radius 2 is 2.00 bits per heavy atom. The van der Waals surface area contributed by atoms with Crippen molar-refractivity contribution in [1.29, 1.82) is 0 Å². The molecule has 1 atom stereocenters. The molecule has 2 aliphatic rings. The van der Waals surface area contributed by atoms with Gasteiger partial charge in [0.25, 0.3) is 0 Å². The highest BCUT2D eigenvalue weighted by Crippen LogP contribution is 2.22. The van der Waals surface area contributed by atoms with Crippen molar-refractivity contribution < 1.29 is 18.7 Å². The zero-order valence-corrected chi connectivity index (χ0v) is 17.2.